The van der Waals surface area contributed by atoms with Crippen molar-refractivity contribution >= 4 is 17.5 Å². The van der Waals surface area contributed by atoms with E-state index in [9.17, 15) is 9.18 Å². The highest BCUT2D eigenvalue weighted by Crippen LogP contribution is 2.26. The van der Waals surface area contributed by atoms with E-state index in [-0.39, 0.29) is 23.7 Å². The van der Waals surface area contributed by atoms with Crippen LogP contribution >= 0.6 is 11.6 Å². The molecule has 6 heteroatoms. The number of hydrazine groups is 1. The standard InChI is InChI=1S/C17H17ClFN3O/c1-10-15(11-5-3-2-4-6-11)16(22-21-10)20-17(23)13-9-12(18)7-8-14(13)19/h2-10,15-16,21-22H,1H3,(H,20,23). The Balaban J connectivity index is 1.81. The van der Waals surface area contributed by atoms with Crippen LogP contribution in [0.5, 0.6) is 0 Å². The van der Waals surface area contributed by atoms with Crippen LogP contribution in [0.2, 0.25) is 5.02 Å². The number of nitrogens with one attached hydrogen (secondary N) is 3. The summed E-state index contributed by atoms with van der Waals surface area (Å²) >= 11 is 5.85. The van der Waals surface area contributed by atoms with Gasteiger partial charge in [0.25, 0.3) is 5.91 Å². The summed E-state index contributed by atoms with van der Waals surface area (Å²) < 4.78 is 13.8. The Morgan fingerprint density at radius 3 is 2.65 bits per heavy atom. The van der Waals surface area contributed by atoms with Gasteiger partial charge in [0.15, 0.2) is 0 Å². The third-order valence-electron chi connectivity index (χ3n) is 4.01. The molecular formula is C17H17ClFN3O. The van der Waals surface area contributed by atoms with E-state index in [2.05, 4.69) is 16.2 Å². The Labute approximate surface area is 139 Å². The van der Waals surface area contributed by atoms with Crippen LogP contribution in [0.1, 0.15) is 28.8 Å². The van der Waals surface area contributed by atoms with Gasteiger partial charge in [-0.1, -0.05) is 41.9 Å². The number of carbonyl (C=O) groups excluding carboxylic acids is 1. The van der Waals surface area contributed by atoms with Crippen molar-refractivity contribution in [2.75, 3.05) is 0 Å². The van der Waals surface area contributed by atoms with Gasteiger partial charge in [0.05, 0.1) is 5.56 Å². The molecule has 0 aromatic heterocycles. The molecule has 0 saturated carbocycles. The van der Waals surface area contributed by atoms with Crippen LogP contribution < -0.4 is 16.2 Å². The summed E-state index contributed by atoms with van der Waals surface area (Å²) in [4.78, 5) is 12.4. The number of carbonyl (C=O) groups is 1. The largest absolute Gasteiger partial charge is 0.335 e. The Hall–Kier alpha value is -1.95. The molecule has 1 amide bonds. The molecule has 3 N–H and O–H groups in total. The zero-order valence-electron chi connectivity index (χ0n) is 12.5. The van der Waals surface area contributed by atoms with Crippen molar-refractivity contribution < 1.29 is 9.18 Å². The molecule has 0 aliphatic carbocycles. The van der Waals surface area contributed by atoms with E-state index in [1.807, 2.05) is 37.3 Å². The summed E-state index contributed by atoms with van der Waals surface area (Å²) in [6.45, 7) is 2.02. The maximum atomic E-state index is 13.8. The number of amides is 1. The fourth-order valence-electron chi connectivity index (χ4n) is 2.86. The molecule has 0 radical (unpaired) electrons. The monoisotopic (exact) mass is 333 g/mol. The fourth-order valence-corrected chi connectivity index (χ4v) is 3.03. The topological polar surface area (TPSA) is 53.2 Å². The van der Waals surface area contributed by atoms with Gasteiger partial charge in [-0.05, 0) is 30.7 Å². The first-order valence-corrected chi connectivity index (χ1v) is 7.76. The molecule has 1 heterocycles. The van der Waals surface area contributed by atoms with Crippen LogP contribution in [0.3, 0.4) is 0 Å². The van der Waals surface area contributed by atoms with Crippen LogP contribution in [-0.4, -0.2) is 18.1 Å². The molecule has 3 rings (SSSR count). The molecule has 0 bridgehead atoms. The van der Waals surface area contributed by atoms with Crippen molar-refractivity contribution in [2.24, 2.45) is 0 Å². The van der Waals surface area contributed by atoms with Gasteiger partial charge in [-0.2, -0.15) is 0 Å². The van der Waals surface area contributed by atoms with Gasteiger partial charge in [0, 0.05) is 17.0 Å². The third kappa shape index (κ3) is 3.37. The van der Waals surface area contributed by atoms with E-state index in [0.717, 1.165) is 5.56 Å². The first-order chi connectivity index (χ1) is 11.1. The Morgan fingerprint density at radius 1 is 1.17 bits per heavy atom. The number of halogens is 2. The van der Waals surface area contributed by atoms with Crippen LogP contribution in [0.15, 0.2) is 48.5 Å². The van der Waals surface area contributed by atoms with Crippen molar-refractivity contribution in [3.63, 3.8) is 0 Å². The van der Waals surface area contributed by atoms with E-state index in [1.165, 1.54) is 18.2 Å². The van der Waals surface area contributed by atoms with Crippen LogP contribution in [0.25, 0.3) is 0 Å². The van der Waals surface area contributed by atoms with Crippen LogP contribution in [-0.2, 0) is 0 Å². The SMILES string of the molecule is CC1NNC(NC(=O)c2cc(Cl)ccc2F)C1c1ccccc1. The summed E-state index contributed by atoms with van der Waals surface area (Å²) in [5, 5.41) is 3.15. The van der Waals surface area contributed by atoms with E-state index in [1.54, 1.807) is 0 Å². The Bertz CT molecular complexity index is 710. The zero-order chi connectivity index (χ0) is 16.4. The van der Waals surface area contributed by atoms with Gasteiger partial charge in [0.2, 0.25) is 0 Å². The Kier molecular flexibility index (Phi) is 4.61. The number of benzene rings is 2. The zero-order valence-corrected chi connectivity index (χ0v) is 13.3. The molecule has 2 aromatic rings. The van der Waals surface area contributed by atoms with Gasteiger partial charge in [-0.25, -0.2) is 9.82 Å². The van der Waals surface area contributed by atoms with Crippen molar-refractivity contribution in [3.05, 3.63) is 70.5 Å². The average molecular weight is 334 g/mol. The molecular weight excluding hydrogens is 317 g/mol. The minimum Gasteiger partial charge on any atom is -0.335 e. The lowest BCUT2D eigenvalue weighted by Crippen LogP contribution is -2.46. The maximum absolute atomic E-state index is 13.8. The maximum Gasteiger partial charge on any atom is 0.255 e. The second-order valence-corrected chi connectivity index (χ2v) is 6.03. The van der Waals surface area contributed by atoms with Crippen LogP contribution in [0.4, 0.5) is 4.39 Å². The van der Waals surface area contributed by atoms with Crippen LogP contribution in [0, 0.1) is 5.82 Å². The van der Waals surface area contributed by atoms with Crippen molar-refractivity contribution in [2.45, 2.75) is 25.0 Å². The molecule has 0 spiro atoms. The van der Waals surface area contributed by atoms with Crippen molar-refractivity contribution in [1.29, 1.82) is 0 Å². The molecule has 1 aliphatic rings. The molecule has 1 aliphatic heterocycles. The highest BCUT2D eigenvalue weighted by Gasteiger charge is 2.35. The Morgan fingerprint density at radius 2 is 1.91 bits per heavy atom. The lowest BCUT2D eigenvalue weighted by molar-refractivity contribution is 0.0924. The fraction of sp³-hybridized carbons (Fsp3) is 0.235. The second kappa shape index (κ2) is 6.66. The minimum absolute atomic E-state index is 0.0300. The minimum atomic E-state index is -0.595. The summed E-state index contributed by atoms with van der Waals surface area (Å²) in [6, 6.07) is 13.9. The van der Waals surface area contributed by atoms with Gasteiger partial charge < -0.3 is 5.32 Å². The van der Waals surface area contributed by atoms with Gasteiger partial charge >= 0.3 is 0 Å². The van der Waals surface area contributed by atoms with E-state index in [0.29, 0.717) is 5.02 Å². The molecule has 120 valence electrons. The highest BCUT2D eigenvalue weighted by atomic mass is 35.5. The molecule has 4 nitrogen and oxygen atoms in total. The molecule has 3 atom stereocenters. The normalized spacial score (nSPS) is 23.7. The van der Waals surface area contributed by atoms with E-state index in [4.69, 9.17) is 11.6 Å². The smallest absolute Gasteiger partial charge is 0.255 e. The van der Waals surface area contributed by atoms with Gasteiger partial charge in [-0.3, -0.25) is 10.2 Å². The summed E-state index contributed by atoms with van der Waals surface area (Å²) in [7, 11) is 0. The molecule has 1 fully saturated rings. The van der Waals surface area contributed by atoms with Crippen molar-refractivity contribution in [1.82, 2.24) is 16.2 Å². The van der Waals surface area contributed by atoms with E-state index >= 15 is 0 Å². The predicted octanol–water partition coefficient (Wildman–Crippen LogP) is 2.82. The first-order valence-electron chi connectivity index (χ1n) is 7.38. The molecule has 1 saturated heterocycles. The molecule has 2 aromatic carbocycles. The quantitative estimate of drug-likeness (QED) is 0.809. The summed E-state index contributed by atoms with van der Waals surface area (Å²) in [5.74, 6) is -1.07. The molecule has 23 heavy (non-hydrogen) atoms. The number of rotatable bonds is 3. The third-order valence-corrected chi connectivity index (χ3v) is 4.24. The van der Waals surface area contributed by atoms with Gasteiger partial charge in [-0.15, -0.1) is 0 Å². The van der Waals surface area contributed by atoms with Crippen molar-refractivity contribution in [3.8, 4) is 0 Å². The number of hydrogen-bond donors (Lipinski definition) is 3. The lowest BCUT2D eigenvalue weighted by Gasteiger charge is -2.22. The summed E-state index contributed by atoms with van der Waals surface area (Å²) in [6.07, 6.45) is -0.349. The summed E-state index contributed by atoms with van der Waals surface area (Å²) in [5.41, 5.74) is 7.20. The van der Waals surface area contributed by atoms with Gasteiger partial charge in [0.1, 0.15) is 12.0 Å². The van der Waals surface area contributed by atoms with E-state index < -0.39 is 11.7 Å². The highest BCUT2D eigenvalue weighted by molar-refractivity contribution is 6.31. The number of hydrogen-bond acceptors (Lipinski definition) is 3. The first kappa shape index (κ1) is 15.9. The second-order valence-electron chi connectivity index (χ2n) is 5.59. The average Bonchev–Trinajstić information content (AvgIpc) is 2.91. The lowest BCUT2D eigenvalue weighted by atomic mass is 9.91. The molecule has 3 unspecified atom stereocenters. The predicted molar refractivity (Wildman–Crippen MR) is 87.6 cm³/mol.